The highest BCUT2D eigenvalue weighted by Crippen LogP contribution is 2.27. The molecule has 0 radical (unpaired) electrons. The van der Waals surface area contributed by atoms with E-state index in [0.29, 0.717) is 6.54 Å². The molecule has 2 N–H and O–H groups in total. The number of hydrogen-bond donors (Lipinski definition) is 2. The first kappa shape index (κ1) is 11.3. The molecule has 0 aliphatic carbocycles. The summed E-state index contributed by atoms with van der Waals surface area (Å²) in [6, 6.07) is 5.70. The van der Waals surface area contributed by atoms with Crippen molar-refractivity contribution in [3.05, 3.63) is 22.7 Å². The molecule has 78 valence electrons. The van der Waals surface area contributed by atoms with Crippen LogP contribution in [0.4, 0.5) is 5.69 Å². The van der Waals surface area contributed by atoms with E-state index in [0.717, 1.165) is 15.9 Å². The maximum Gasteiger partial charge on any atom is 0.133 e. The highest BCUT2D eigenvalue weighted by Gasteiger charge is 2.01. The van der Waals surface area contributed by atoms with Crippen LogP contribution in [0.5, 0.6) is 5.75 Å². The Morgan fingerprint density at radius 1 is 1.57 bits per heavy atom. The molecule has 0 amide bonds. The fraction of sp³-hybridized carbons (Fsp3) is 0.400. The van der Waals surface area contributed by atoms with E-state index in [1.165, 1.54) is 0 Å². The molecule has 0 aromatic heterocycles. The molecule has 0 aliphatic heterocycles. The maximum absolute atomic E-state index is 9.08. The van der Waals surface area contributed by atoms with Gasteiger partial charge in [-0.2, -0.15) is 0 Å². The molecule has 14 heavy (non-hydrogen) atoms. The van der Waals surface area contributed by atoms with Gasteiger partial charge < -0.3 is 15.2 Å². The van der Waals surface area contributed by atoms with E-state index in [1.54, 1.807) is 14.0 Å². The van der Waals surface area contributed by atoms with Gasteiger partial charge in [0.1, 0.15) is 5.75 Å². The van der Waals surface area contributed by atoms with Gasteiger partial charge in [-0.15, -0.1) is 0 Å². The predicted molar refractivity (Wildman–Crippen MR) is 60.9 cm³/mol. The summed E-state index contributed by atoms with van der Waals surface area (Å²) in [5.41, 5.74) is 0.957. The summed E-state index contributed by atoms with van der Waals surface area (Å²) in [5, 5.41) is 12.2. The Morgan fingerprint density at radius 3 is 2.79 bits per heavy atom. The zero-order valence-electron chi connectivity index (χ0n) is 8.25. The van der Waals surface area contributed by atoms with Crippen molar-refractivity contribution < 1.29 is 9.84 Å². The minimum absolute atomic E-state index is 0.351. The van der Waals surface area contributed by atoms with E-state index >= 15 is 0 Å². The number of nitrogens with one attached hydrogen (secondary N) is 1. The summed E-state index contributed by atoms with van der Waals surface area (Å²) in [5.74, 6) is 0.799. The average Bonchev–Trinajstić information content (AvgIpc) is 2.15. The van der Waals surface area contributed by atoms with Gasteiger partial charge in [0.25, 0.3) is 0 Å². The third kappa shape index (κ3) is 3.20. The number of rotatable bonds is 4. The van der Waals surface area contributed by atoms with E-state index in [1.807, 2.05) is 18.2 Å². The zero-order chi connectivity index (χ0) is 10.6. The van der Waals surface area contributed by atoms with Crippen molar-refractivity contribution >= 4 is 21.6 Å². The van der Waals surface area contributed by atoms with Gasteiger partial charge in [-0.25, -0.2) is 0 Å². The molecule has 0 saturated heterocycles. The third-order valence-electron chi connectivity index (χ3n) is 1.75. The van der Waals surface area contributed by atoms with Crippen LogP contribution >= 0.6 is 15.9 Å². The standard InChI is InChI=1S/C10H14BrNO2/c1-7(13)6-12-8-3-4-10(14-2)9(11)5-8/h3-5,7,12-13H,6H2,1-2H3/t7-/m1/s1. The van der Waals surface area contributed by atoms with Gasteiger partial charge in [-0.3, -0.25) is 0 Å². The molecule has 1 aromatic rings. The number of anilines is 1. The van der Waals surface area contributed by atoms with E-state index < -0.39 is 0 Å². The van der Waals surface area contributed by atoms with Crippen LogP contribution in [0.3, 0.4) is 0 Å². The average molecular weight is 260 g/mol. The number of methoxy groups -OCH3 is 1. The number of aliphatic hydroxyl groups is 1. The molecule has 1 aromatic carbocycles. The summed E-state index contributed by atoms with van der Waals surface area (Å²) < 4.78 is 6.00. The molecule has 0 bridgehead atoms. The molecule has 3 nitrogen and oxygen atoms in total. The van der Waals surface area contributed by atoms with Crippen LogP contribution in [-0.4, -0.2) is 24.9 Å². The molecule has 0 saturated carbocycles. The largest absolute Gasteiger partial charge is 0.496 e. The lowest BCUT2D eigenvalue weighted by Gasteiger charge is -2.10. The number of halogens is 1. The van der Waals surface area contributed by atoms with Crippen molar-refractivity contribution in [1.29, 1.82) is 0 Å². The second-order valence-corrected chi connectivity index (χ2v) is 3.93. The van der Waals surface area contributed by atoms with Crippen LogP contribution in [0.15, 0.2) is 22.7 Å². The number of hydrogen-bond acceptors (Lipinski definition) is 3. The van der Waals surface area contributed by atoms with Gasteiger partial charge in [0.15, 0.2) is 0 Å². The number of benzene rings is 1. The SMILES string of the molecule is COc1ccc(NC[C@@H](C)O)cc1Br. The molecule has 0 aliphatic rings. The topological polar surface area (TPSA) is 41.5 Å². The third-order valence-corrected chi connectivity index (χ3v) is 2.37. The van der Waals surface area contributed by atoms with Crippen molar-refractivity contribution in [2.24, 2.45) is 0 Å². The van der Waals surface area contributed by atoms with Crippen molar-refractivity contribution in [1.82, 2.24) is 0 Å². The molecule has 0 fully saturated rings. The van der Waals surface area contributed by atoms with Crippen molar-refractivity contribution in [2.45, 2.75) is 13.0 Å². The highest BCUT2D eigenvalue weighted by atomic mass is 79.9. The van der Waals surface area contributed by atoms with Gasteiger partial charge in [-0.05, 0) is 41.1 Å². The zero-order valence-corrected chi connectivity index (χ0v) is 9.84. The monoisotopic (exact) mass is 259 g/mol. The Balaban J connectivity index is 2.66. The molecule has 0 spiro atoms. The van der Waals surface area contributed by atoms with E-state index in [4.69, 9.17) is 9.84 Å². The van der Waals surface area contributed by atoms with Crippen molar-refractivity contribution in [3.63, 3.8) is 0 Å². The van der Waals surface area contributed by atoms with Crippen LogP contribution < -0.4 is 10.1 Å². The van der Waals surface area contributed by atoms with Crippen LogP contribution in [0, 0.1) is 0 Å². The van der Waals surface area contributed by atoms with Crippen molar-refractivity contribution in [2.75, 3.05) is 19.0 Å². The minimum atomic E-state index is -0.351. The second kappa shape index (κ2) is 5.22. The molecule has 0 unspecified atom stereocenters. The first-order valence-corrected chi connectivity index (χ1v) is 5.18. The van der Waals surface area contributed by atoms with Crippen LogP contribution in [-0.2, 0) is 0 Å². The van der Waals surface area contributed by atoms with Crippen LogP contribution in [0.25, 0.3) is 0 Å². The summed E-state index contributed by atoms with van der Waals surface area (Å²) in [6.07, 6.45) is -0.351. The van der Waals surface area contributed by atoms with Gasteiger partial charge in [-0.1, -0.05) is 0 Å². The van der Waals surface area contributed by atoms with Crippen LogP contribution in [0.2, 0.25) is 0 Å². The second-order valence-electron chi connectivity index (χ2n) is 3.08. The molecular formula is C10H14BrNO2. The van der Waals surface area contributed by atoms with E-state index in [-0.39, 0.29) is 6.10 Å². The molecular weight excluding hydrogens is 246 g/mol. The minimum Gasteiger partial charge on any atom is -0.496 e. The van der Waals surface area contributed by atoms with Gasteiger partial charge in [0, 0.05) is 12.2 Å². The molecule has 1 rings (SSSR count). The highest BCUT2D eigenvalue weighted by molar-refractivity contribution is 9.10. The fourth-order valence-electron chi connectivity index (χ4n) is 1.04. The van der Waals surface area contributed by atoms with Gasteiger partial charge in [0.2, 0.25) is 0 Å². The van der Waals surface area contributed by atoms with E-state index in [2.05, 4.69) is 21.2 Å². The molecule has 1 atom stereocenters. The fourth-order valence-corrected chi connectivity index (χ4v) is 1.58. The van der Waals surface area contributed by atoms with Crippen LogP contribution in [0.1, 0.15) is 6.92 Å². The summed E-state index contributed by atoms with van der Waals surface area (Å²) in [6.45, 7) is 2.28. The first-order chi connectivity index (χ1) is 6.63. The van der Waals surface area contributed by atoms with Gasteiger partial charge >= 0.3 is 0 Å². The predicted octanol–water partition coefficient (Wildman–Crippen LogP) is 2.25. The number of ether oxygens (including phenoxy) is 1. The summed E-state index contributed by atoms with van der Waals surface area (Å²) >= 11 is 3.39. The number of aliphatic hydroxyl groups excluding tert-OH is 1. The summed E-state index contributed by atoms with van der Waals surface area (Å²) in [4.78, 5) is 0. The van der Waals surface area contributed by atoms with Gasteiger partial charge in [0.05, 0.1) is 17.7 Å². The smallest absolute Gasteiger partial charge is 0.133 e. The van der Waals surface area contributed by atoms with Crippen molar-refractivity contribution in [3.8, 4) is 5.75 Å². The lowest BCUT2D eigenvalue weighted by Crippen LogP contribution is -2.15. The Kier molecular flexibility index (Phi) is 4.22. The lowest BCUT2D eigenvalue weighted by atomic mass is 10.3. The normalized spacial score (nSPS) is 12.3. The summed E-state index contributed by atoms with van der Waals surface area (Å²) in [7, 11) is 1.63. The molecule has 4 heteroatoms. The lowest BCUT2D eigenvalue weighted by molar-refractivity contribution is 0.208. The Morgan fingerprint density at radius 2 is 2.29 bits per heavy atom. The Labute approximate surface area is 92.2 Å². The maximum atomic E-state index is 9.08. The Bertz CT molecular complexity index is 302. The quantitative estimate of drug-likeness (QED) is 0.872. The Hall–Kier alpha value is -0.740. The van der Waals surface area contributed by atoms with E-state index in [9.17, 15) is 0 Å². The molecule has 0 heterocycles. The first-order valence-electron chi connectivity index (χ1n) is 4.39.